The number of aliphatic hydroxyl groups is 1. The lowest BCUT2D eigenvalue weighted by Gasteiger charge is -2.14. The van der Waals surface area contributed by atoms with Crippen molar-refractivity contribution in [2.24, 2.45) is 0 Å². The van der Waals surface area contributed by atoms with Crippen LogP contribution in [0, 0.1) is 20.8 Å². The lowest BCUT2D eigenvalue weighted by molar-refractivity contribution is -0.150. The van der Waals surface area contributed by atoms with Crippen molar-refractivity contribution in [1.29, 1.82) is 0 Å². The molecule has 1 rings (SSSR count). The number of benzene rings is 1. The van der Waals surface area contributed by atoms with Crippen LogP contribution in [-0.2, 0) is 9.53 Å². The third-order valence-electron chi connectivity index (χ3n) is 2.57. The highest BCUT2D eigenvalue weighted by atomic mass is 16.5. The van der Waals surface area contributed by atoms with E-state index in [4.69, 9.17) is 0 Å². The van der Waals surface area contributed by atoms with Gasteiger partial charge >= 0.3 is 5.97 Å². The zero-order valence-electron chi connectivity index (χ0n) is 9.50. The van der Waals surface area contributed by atoms with Gasteiger partial charge in [0.2, 0.25) is 0 Å². The lowest BCUT2D eigenvalue weighted by atomic mass is 9.96. The molecule has 0 amide bonds. The Balaban J connectivity index is 3.19. The van der Waals surface area contributed by atoms with Crippen LogP contribution >= 0.6 is 0 Å². The maximum atomic E-state index is 11.2. The van der Waals surface area contributed by atoms with E-state index in [0.29, 0.717) is 5.56 Å². The lowest BCUT2D eigenvalue weighted by Crippen LogP contribution is -2.15. The first-order valence-electron chi connectivity index (χ1n) is 4.81. The summed E-state index contributed by atoms with van der Waals surface area (Å²) in [5.74, 6) is -0.622. The Bertz CT molecular complexity index is 383. The van der Waals surface area contributed by atoms with Crippen molar-refractivity contribution in [3.05, 3.63) is 34.4 Å². The minimum absolute atomic E-state index is 0.622. The topological polar surface area (TPSA) is 46.5 Å². The molecular formula is C12H16O3. The van der Waals surface area contributed by atoms with Gasteiger partial charge in [0.1, 0.15) is 0 Å². The smallest absolute Gasteiger partial charge is 0.339 e. The van der Waals surface area contributed by atoms with E-state index in [1.165, 1.54) is 7.11 Å². The second-order valence-electron chi connectivity index (χ2n) is 3.72. The number of carbonyl (C=O) groups excluding carboxylic acids is 1. The number of hydrogen-bond donors (Lipinski definition) is 1. The fraction of sp³-hybridized carbons (Fsp3) is 0.417. The Morgan fingerprint density at radius 3 is 2.47 bits per heavy atom. The Labute approximate surface area is 89.7 Å². The maximum absolute atomic E-state index is 11.2. The van der Waals surface area contributed by atoms with E-state index in [2.05, 4.69) is 4.74 Å². The SMILES string of the molecule is COC(=O)C(O)c1cc(C)cc(C)c1C. The van der Waals surface area contributed by atoms with Gasteiger partial charge in [-0.1, -0.05) is 17.7 Å². The van der Waals surface area contributed by atoms with Crippen molar-refractivity contribution >= 4 is 5.97 Å². The van der Waals surface area contributed by atoms with Gasteiger partial charge in [-0.3, -0.25) is 0 Å². The summed E-state index contributed by atoms with van der Waals surface area (Å²) in [6, 6.07) is 3.83. The quantitative estimate of drug-likeness (QED) is 0.754. The molecule has 0 saturated carbocycles. The van der Waals surface area contributed by atoms with Crippen LogP contribution in [-0.4, -0.2) is 18.2 Å². The molecule has 0 saturated heterocycles. The van der Waals surface area contributed by atoms with E-state index in [9.17, 15) is 9.90 Å². The number of ether oxygens (including phenoxy) is 1. The maximum Gasteiger partial charge on any atom is 0.339 e. The molecule has 1 aromatic carbocycles. The van der Waals surface area contributed by atoms with Gasteiger partial charge in [0.15, 0.2) is 6.10 Å². The number of carbonyl (C=O) groups is 1. The molecule has 0 aliphatic carbocycles. The molecule has 1 N–H and O–H groups in total. The van der Waals surface area contributed by atoms with Gasteiger partial charge in [0, 0.05) is 0 Å². The molecule has 0 radical (unpaired) electrons. The third kappa shape index (κ3) is 2.36. The summed E-state index contributed by atoms with van der Waals surface area (Å²) in [4.78, 5) is 11.2. The average Bonchev–Trinajstić information content (AvgIpc) is 2.21. The second-order valence-corrected chi connectivity index (χ2v) is 3.72. The van der Waals surface area contributed by atoms with Crippen LogP contribution in [0.2, 0.25) is 0 Å². The number of esters is 1. The highest BCUT2D eigenvalue weighted by Crippen LogP contribution is 2.23. The molecular weight excluding hydrogens is 192 g/mol. The molecule has 0 heterocycles. The molecule has 82 valence electrons. The normalized spacial score (nSPS) is 12.3. The van der Waals surface area contributed by atoms with Crippen LogP contribution in [0.1, 0.15) is 28.4 Å². The number of hydrogen-bond acceptors (Lipinski definition) is 3. The number of rotatable bonds is 2. The van der Waals surface area contributed by atoms with Gasteiger partial charge in [-0.05, 0) is 37.5 Å². The first-order valence-corrected chi connectivity index (χ1v) is 4.81. The van der Waals surface area contributed by atoms with Crippen molar-refractivity contribution in [3.63, 3.8) is 0 Å². The van der Waals surface area contributed by atoms with E-state index in [0.717, 1.165) is 16.7 Å². The van der Waals surface area contributed by atoms with Crippen LogP contribution in [0.15, 0.2) is 12.1 Å². The average molecular weight is 208 g/mol. The van der Waals surface area contributed by atoms with Crippen molar-refractivity contribution in [2.45, 2.75) is 26.9 Å². The first kappa shape index (κ1) is 11.7. The van der Waals surface area contributed by atoms with Gasteiger partial charge in [-0.15, -0.1) is 0 Å². The molecule has 3 heteroatoms. The molecule has 0 spiro atoms. The minimum Gasteiger partial charge on any atom is -0.467 e. The molecule has 0 aromatic heterocycles. The molecule has 3 nitrogen and oxygen atoms in total. The molecule has 0 bridgehead atoms. The van der Waals surface area contributed by atoms with Gasteiger partial charge in [-0.2, -0.15) is 0 Å². The standard InChI is InChI=1S/C12H16O3/c1-7-5-8(2)9(3)10(6-7)11(13)12(14)15-4/h5-6,11,13H,1-4H3. The summed E-state index contributed by atoms with van der Waals surface area (Å²) in [7, 11) is 1.27. The van der Waals surface area contributed by atoms with Crippen molar-refractivity contribution in [3.8, 4) is 0 Å². The Hall–Kier alpha value is -1.35. The van der Waals surface area contributed by atoms with Gasteiger partial charge in [-0.25, -0.2) is 4.79 Å². The summed E-state index contributed by atoms with van der Waals surface area (Å²) in [6.45, 7) is 5.77. The van der Waals surface area contributed by atoms with Crippen molar-refractivity contribution in [2.75, 3.05) is 7.11 Å². The summed E-state index contributed by atoms with van der Waals surface area (Å²) in [5.41, 5.74) is 3.64. The molecule has 0 aliphatic heterocycles. The number of methoxy groups -OCH3 is 1. The molecule has 1 unspecified atom stereocenters. The van der Waals surface area contributed by atoms with E-state index in [-0.39, 0.29) is 0 Å². The molecule has 1 aromatic rings. The van der Waals surface area contributed by atoms with Gasteiger partial charge < -0.3 is 9.84 Å². The van der Waals surface area contributed by atoms with Crippen LogP contribution in [0.4, 0.5) is 0 Å². The van der Waals surface area contributed by atoms with Crippen LogP contribution in [0.3, 0.4) is 0 Å². The van der Waals surface area contributed by atoms with E-state index < -0.39 is 12.1 Å². The summed E-state index contributed by atoms with van der Waals surface area (Å²) >= 11 is 0. The van der Waals surface area contributed by atoms with Gasteiger partial charge in [0.05, 0.1) is 7.11 Å². The highest BCUT2D eigenvalue weighted by Gasteiger charge is 2.20. The fourth-order valence-corrected chi connectivity index (χ4v) is 1.60. The molecule has 15 heavy (non-hydrogen) atoms. The molecule has 0 fully saturated rings. The van der Waals surface area contributed by atoms with Crippen LogP contribution in [0.5, 0.6) is 0 Å². The summed E-state index contributed by atoms with van der Waals surface area (Å²) < 4.78 is 4.51. The Kier molecular flexibility index (Phi) is 3.48. The highest BCUT2D eigenvalue weighted by molar-refractivity contribution is 5.76. The minimum atomic E-state index is -1.19. The van der Waals surface area contributed by atoms with E-state index in [1.807, 2.05) is 32.9 Å². The van der Waals surface area contributed by atoms with E-state index in [1.54, 1.807) is 0 Å². The van der Waals surface area contributed by atoms with Crippen molar-refractivity contribution in [1.82, 2.24) is 0 Å². The number of aliphatic hydroxyl groups excluding tert-OH is 1. The number of aryl methyl sites for hydroxylation is 2. The second kappa shape index (κ2) is 4.45. The van der Waals surface area contributed by atoms with Crippen LogP contribution < -0.4 is 0 Å². The predicted octanol–water partition coefficient (Wildman–Crippen LogP) is 1.82. The van der Waals surface area contributed by atoms with E-state index >= 15 is 0 Å². The molecule has 0 aliphatic rings. The Morgan fingerprint density at radius 1 is 1.33 bits per heavy atom. The largest absolute Gasteiger partial charge is 0.467 e. The summed E-state index contributed by atoms with van der Waals surface area (Å²) in [6.07, 6.45) is -1.19. The summed E-state index contributed by atoms with van der Waals surface area (Å²) in [5, 5.41) is 9.74. The van der Waals surface area contributed by atoms with Crippen LogP contribution in [0.25, 0.3) is 0 Å². The molecule has 1 atom stereocenters. The zero-order chi connectivity index (χ0) is 11.6. The van der Waals surface area contributed by atoms with Gasteiger partial charge in [0.25, 0.3) is 0 Å². The monoisotopic (exact) mass is 208 g/mol. The fourth-order valence-electron chi connectivity index (χ4n) is 1.60. The predicted molar refractivity (Wildman–Crippen MR) is 57.6 cm³/mol. The third-order valence-corrected chi connectivity index (χ3v) is 2.57. The van der Waals surface area contributed by atoms with Crippen molar-refractivity contribution < 1.29 is 14.6 Å². The Morgan fingerprint density at radius 2 is 1.93 bits per heavy atom. The zero-order valence-corrected chi connectivity index (χ0v) is 9.50. The first-order chi connectivity index (χ1) is 6.97.